The monoisotopic (exact) mass is 284 g/mol. The lowest BCUT2D eigenvalue weighted by molar-refractivity contribution is -0.126. The van der Waals surface area contributed by atoms with E-state index in [4.69, 9.17) is 0 Å². The van der Waals surface area contributed by atoms with Crippen LogP contribution >= 0.6 is 0 Å². The van der Waals surface area contributed by atoms with Gasteiger partial charge in [0, 0.05) is 24.8 Å². The third-order valence-corrected chi connectivity index (χ3v) is 3.89. The quantitative estimate of drug-likeness (QED) is 0.864. The van der Waals surface area contributed by atoms with Crippen molar-refractivity contribution in [2.75, 3.05) is 18.4 Å². The van der Waals surface area contributed by atoms with Crippen molar-refractivity contribution in [2.24, 2.45) is 0 Å². The van der Waals surface area contributed by atoms with E-state index >= 15 is 0 Å². The summed E-state index contributed by atoms with van der Waals surface area (Å²) in [6.07, 6.45) is 2.12. The molecular weight excluding hydrogens is 260 g/mol. The largest absolute Gasteiger partial charge is 0.381 e. The van der Waals surface area contributed by atoms with Crippen molar-refractivity contribution in [3.63, 3.8) is 0 Å². The molecule has 0 aromatic heterocycles. The zero-order chi connectivity index (χ0) is 15.2. The molecule has 1 atom stereocenters. The van der Waals surface area contributed by atoms with Crippen molar-refractivity contribution in [1.82, 2.24) is 4.90 Å². The zero-order valence-electron chi connectivity index (χ0n) is 13.1. The van der Waals surface area contributed by atoms with Crippen molar-refractivity contribution in [3.05, 3.63) is 29.8 Å². The highest BCUT2D eigenvalue weighted by molar-refractivity contribution is 5.93. The molecule has 21 heavy (non-hydrogen) atoms. The van der Waals surface area contributed by atoms with Crippen molar-refractivity contribution in [1.29, 1.82) is 0 Å². The van der Waals surface area contributed by atoms with Crippen LogP contribution in [0.1, 0.15) is 45.1 Å². The van der Waals surface area contributed by atoms with Gasteiger partial charge in [-0.1, -0.05) is 31.9 Å². The first-order chi connectivity index (χ1) is 10.1. The van der Waals surface area contributed by atoms with Gasteiger partial charge < -0.3 is 10.2 Å². The maximum Gasteiger partial charge on any atom is 0.298 e. The Balaban J connectivity index is 1.95. The standard InChI is InChI=1S/C18H24N2O/c1-4-6-18(21)20-12-5-7-17(13-20)19-16-10-8-15(9-11-16)14(2)3/h8-11,14,17,19H,5,7,12-13H2,1-3H3/t17-/m1/s1. The van der Waals surface area contributed by atoms with Gasteiger partial charge in [-0.2, -0.15) is 0 Å². The van der Waals surface area contributed by atoms with Gasteiger partial charge in [-0.25, -0.2) is 0 Å². The molecule has 0 unspecified atom stereocenters. The number of carbonyl (C=O) groups is 1. The molecule has 1 amide bonds. The Hall–Kier alpha value is -1.95. The van der Waals surface area contributed by atoms with E-state index in [0.29, 0.717) is 12.0 Å². The number of piperidine rings is 1. The second-order valence-electron chi connectivity index (χ2n) is 5.89. The van der Waals surface area contributed by atoms with Crippen LogP contribution < -0.4 is 5.32 Å². The minimum absolute atomic E-state index is 0.0563. The highest BCUT2D eigenvalue weighted by atomic mass is 16.2. The van der Waals surface area contributed by atoms with E-state index in [0.717, 1.165) is 31.6 Å². The molecule has 0 aliphatic carbocycles. The Bertz CT molecular complexity index is 537. The maximum absolute atomic E-state index is 11.8. The SMILES string of the molecule is CC#CC(=O)N1CCC[C@@H](Nc2ccc(C(C)C)cc2)C1. The Morgan fingerprint density at radius 2 is 2.05 bits per heavy atom. The van der Waals surface area contributed by atoms with E-state index in [9.17, 15) is 4.79 Å². The van der Waals surface area contributed by atoms with E-state index in [2.05, 4.69) is 55.3 Å². The number of nitrogens with one attached hydrogen (secondary N) is 1. The summed E-state index contributed by atoms with van der Waals surface area (Å²) in [5.74, 6) is 5.81. The second-order valence-corrected chi connectivity index (χ2v) is 5.89. The van der Waals surface area contributed by atoms with Gasteiger partial charge in [0.15, 0.2) is 0 Å². The molecule has 0 spiro atoms. The second kappa shape index (κ2) is 7.17. The van der Waals surface area contributed by atoms with Gasteiger partial charge in [-0.3, -0.25) is 4.79 Å². The van der Waals surface area contributed by atoms with Crippen LogP contribution in [0.3, 0.4) is 0 Å². The van der Waals surface area contributed by atoms with Crippen LogP contribution in [0.25, 0.3) is 0 Å². The molecule has 1 aromatic carbocycles. The van der Waals surface area contributed by atoms with Crippen molar-refractivity contribution in [2.45, 2.75) is 45.6 Å². The van der Waals surface area contributed by atoms with Crippen LogP contribution in [0, 0.1) is 11.8 Å². The molecule has 3 heteroatoms. The fourth-order valence-corrected chi connectivity index (χ4v) is 2.67. The van der Waals surface area contributed by atoms with Crippen molar-refractivity contribution >= 4 is 11.6 Å². The van der Waals surface area contributed by atoms with Crippen LogP contribution in [0.4, 0.5) is 5.69 Å². The van der Waals surface area contributed by atoms with E-state index in [1.54, 1.807) is 6.92 Å². The van der Waals surface area contributed by atoms with Gasteiger partial charge in [0.1, 0.15) is 0 Å². The average molecular weight is 284 g/mol. The smallest absolute Gasteiger partial charge is 0.298 e. The normalized spacial score (nSPS) is 18.1. The lowest BCUT2D eigenvalue weighted by atomic mass is 10.0. The topological polar surface area (TPSA) is 32.3 Å². The number of carbonyl (C=O) groups excluding carboxylic acids is 1. The summed E-state index contributed by atoms with van der Waals surface area (Å²) in [5.41, 5.74) is 2.47. The molecule has 2 rings (SSSR count). The molecule has 1 saturated heterocycles. The molecule has 1 aliphatic heterocycles. The third-order valence-electron chi connectivity index (χ3n) is 3.89. The molecule has 1 fully saturated rings. The molecule has 1 heterocycles. The zero-order valence-corrected chi connectivity index (χ0v) is 13.1. The summed E-state index contributed by atoms with van der Waals surface area (Å²) < 4.78 is 0. The number of hydrogen-bond acceptors (Lipinski definition) is 2. The minimum atomic E-state index is -0.0563. The third kappa shape index (κ3) is 4.26. The van der Waals surface area contributed by atoms with Gasteiger partial charge >= 0.3 is 0 Å². The number of benzene rings is 1. The maximum atomic E-state index is 11.8. The molecular formula is C18H24N2O. The predicted molar refractivity (Wildman–Crippen MR) is 87.2 cm³/mol. The lowest BCUT2D eigenvalue weighted by Crippen LogP contribution is -2.44. The van der Waals surface area contributed by atoms with Gasteiger partial charge in [0.25, 0.3) is 5.91 Å². The summed E-state index contributed by atoms with van der Waals surface area (Å²) in [6, 6.07) is 8.90. The summed E-state index contributed by atoms with van der Waals surface area (Å²) in [7, 11) is 0. The number of nitrogens with zero attached hydrogens (tertiary/aromatic N) is 1. The Morgan fingerprint density at radius 1 is 1.33 bits per heavy atom. The molecule has 0 bridgehead atoms. The molecule has 0 saturated carbocycles. The summed E-state index contributed by atoms with van der Waals surface area (Å²) in [4.78, 5) is 13.7. The molecule has 0 radical (unpaired) electrons. The molecule has 1 N–H and O–H groups in total. The van der Waals surface area contributed by atoms with Gasteiger partial charge in [-0.15, -0.1) is 0 Å². The first-order valence-corrected chi connectivity index (χ1v) is 7.68. The van der Waals surface area contributed by atoms with Gasteiger partial charge in [-0.05, 0) is 49.3 Å². The average Bonchev–Trinajstić information content (AvgIpc) is 2.48. The first kappa shape index (κ1) is 15.4. The minimum Gasteiger partial charge on any atom is -0.381 e. The van der Waals surface area contributed by atoms with Crippen molar-refractivity contribution < 1.29 is 4.79 Å². The van der Waals surface area contributed by atoms with Crippen LogP contribution in [-0.2, 0) is 4.79 Å². The number of hydrogen-bond donors (Lipinski definition) is 1. The van der Waals surface area contributed by atoms with Crippen molar-refractivity contribution in [3.8, 4) is 11.8 Å². The highest BCUT2D eigenvalue weighted by Crippen LogP contribution is 2.20. The first-order valence-electron chi connectivity index (χ1n) is 7.68. The highest BCUT2D eigenvalue weighted by Gasteiger charge is 2.22. The Labute approximate surface area is 127 Å². The van der Waals surface area contributed by atoms with E-state index in [1.165, 1.54) is 5.56 Å². The number of anilines is 1. The molecule has 1 aromatic rings. The number of amides is 1. The number of rotatable bonds is 3. The van der Waals surface area contributed by atoms with E-state index in [-0.39, 0.29) is 5.91 Å². The predicted octanol–water partition coefficient (Wildman–Crippen LogP) is 3.24. The van der Waals surface area contributed by atoms with Crippen LogP contribution in [0.5, 0.6) is 0 Å². The van der Waals surface area contributed by atoms with Crippen LogP contribution in [-0.4, -0.2) is 29.9 Å². The molecule has 112 valence electrons. The Kier molecular flexibility index (Phi) is 5.27. The Morgan fingerprint density at radius 3 is 2.67 bits per heavy atom. The lowest BCUT2D eigenvalue weighted by Gasteiger charge is -2.32. The summed E-state index contributed by atoms with van der Waals surface area (Å²) >= 11 is 0. The van der Waals surface area contributed by atoms with E-state index in [1.807, 2.05) is 4.90 Å². The molecule has 1 aliphatic rings. The van der Waals surface area contributed by atoms with Gasteiger partial charge in [0.2, 0.25) is 0 Å². The number of likely N-dealkylation sites (tertiary alicyclic amines) is 1. The van der Waals surface area contributed by atoms with E-state index < -0.39 is 0 Å². The van der Waals surface area contributed by atoms with Crippen LogP contribution in [0.2, 0.25) is 0 Å². The van der Waals surface area contributed by atoms with Gasteiger partial charge in [0.05, 0.1) is 0 Å². The van der Waals surface area contributed by atoms with Crippen LogP contribution in [0.15, 0.2) is 24.3 Å². The summed E-state index contributed by atoms with van der Waals surface area (Å²) in [5, 5.41) is 3.53. The fourth-order valence-electron chi connectivity index (χ4n) is 2.67. The fraction of sp³-hybridized carbons (Fsp3) is 0.500. The summed E-state index contributed by atoms with van der Waals surface area (Å²) in [6.45, 7) is 7.65. The molecule has 3 nitrogen and oxygen atoms in total.